The number of aliphatic carboxylic acids is 1. The summed E-state index contributed by atoms with van der Waals surface area (Å²) in [7, 11) is 1.66. The van der Waals surface area contributed by atoms with Crippen molar-refractivity contribution >= 4 is 23.5 Å². The van der Waals surface area contributed by atoms with E-state index in [9.17, 15) is 19.5 Å². The molecule has 1 aromatic carbocycles. The smallest absolute Gasteiger partial charge is 0.311 e. The van der Waals surface area contributed by atoms with Crippen LogP contribution in [0.3, 0.4) is 0 Å². The van der Waals surface area contributed by atoms with Crippen LogP contribution in [0.2, 0.25) is 0 Å². The summed E-state index contributed by atoms with van der Waals surface area (Å²) in [5.41, 5.74) is 0.185. The Morgan fingerprint density at radius 3 is 2.77 bits per heavy atom. The second kappa shape index (κ2) is 5.72. The van der Waals surface area contributed by atoms with E-state index in [0.29, 0.717) is 29.8 Å². The molecule has 7 nitrogen and oxygen atoms in total. The van der Waals surface area contributed by atoms with Gasteiger partial charge in [0.1, 0.15) is 5.75 Å². The van der Waals surface area contributed by atoms with Gasteiger partial charge in [0.25, 0.3) is 11.8 Å². The molecule has 1 N–H and O–H groups in total. The maximum absolute atomic E-state index is 13.2. The van der Waals surface area contributed by atoms with Crippen LogP contribution in [0.5, 0.6) is 5.75 Å². The van der Waals surface area contributed by atoms with Gasteiger partial charge in [-0.15, -0.1) is 0 Å². The molecule has 0 spiro atoms. The minimum absolute atomic E-state index is 0.00923. The first-order chi connectivity index (χ1) is 12.4. The number of hydrogen-bond donors (Lipinski definition) is 1. The van der Waals surface area contributed by atoms with Gasteiger partial charge >= 0.3 is 5.97 Å². The van der Waals surface area contributed by atoms with E-state index in [0.717, 1.165) is 12.8 Å². The van der Waals surface area contributed by atoms with Gasteiger partial charge in [0.15, 0.2) is 6.61 Å². The predicted octanol–water partition coefficient (Wildman–Crippen LogP) is 1.90. The molecule has 2 amide bonds. The SMILES string of the molecule is CC[C@@]1(C(=O)O)C[C@@H]2CC[C@H]1N2C(=O)c1ccc2c(c1)N(C)C(=O)CO2. The van der Waals surface area contributed by atoms with Crippen molar-refractivity contribution in [2.45, 2.75) is 44.7 Å². The third-order valence-corrected chi connectivity index (χ3v) is 6.32. The number of nitrogens with zero attached hydrogens (tertiary/aromatic N) is 2. The second-order valence-corrected chi connectivity index (χ2v) is 7.40. The molecule has 2 bridgehead atoms. The van der Waals surface area contributed by atoms with Crippen molar-refractivity contribution in [3.8, 4) is 5.75 Å². The summed E-state index contributed by atoms with van der Waals surface area (Å²) in [5.74, 6) is -0.571. The zero-order chi connectivity index (χ0) is 18.6. The Labute approximate surface area is 151 Å². The summed E-state index contributed by atoms with van der Waals surface area (Å²) in [5, 5.41) is 9.78. The third kappa shape index (κ3) is 2.15. The van der Waals surface area contributed by atoms with Crippen LogP contribution in [0.25, 0.3) is 0 Å². The lowest BCUT2D eigenvalue weighted by Gasteiger charge is -2.32. The fraction of sp³-hybridized carbons (Fsp3) is 0.526. The van der Waals surface area contributed by atoms with Gasteiger partial charge in [-0.05, 0) is 43.9 Å². The highest BCUT2D eigenvalue weighted by Crippen LogP contribution is 2.52. The quantitative estimate of drug-likeness (QED) is 0.892. The van der Waals surface area contributed by atoms with Crippen molar-refractivity contribution in [3.63, 3.8) is 0 Å². The van der Waals surface area contributed by atoms with Gasteiger partial charge in [-0.1, -0.05) is 6.92 Å². The standard InChI is InChI=1S/C19H22N2O5/c1-3-19(18(24)25)9-12-5-7-15(19)21(12)17(23)11-4-6-14-13(8-11)20(2)16(22)10-26-14/h4,6,8,12,15H,3,5,7,9-10H2,1-2H3,(H,24,25)/t12-,15+,19+/m0/s1. The Balaban J connectivity index is 1.67. The van der Waals surface area contributed by atoms with Crippen molar-refractivity contribution in [1.29, 1.82) is 0 Å². The summed E-state index contributed by atoms with van der Waals surface area (Å²) in [6.45, 7) is 1.87. The number of benzene rings is 1. The minimum Gasteiger partial charge on any atom is -0.482 e. The van der Waals surface area contributed by atoms with Crippen LogP contribution in [0.15, 0.2) is 18.2 Å². The number of amides is 2. The molecular formula is C19H22N2O5. The summed E-state index contributed by atoms with van der Waals surface area (Å²) >= 11 is 0. The molecule has 3 aliphatic heterocycles. The molecule has 0 aromatic heterocycles. The van der Waals surface area contributed by atoms with Gasteiger partial charge in [-0.2, -0.15) is 0 Å². The Bertz CT molecular complexity index is 807. The molecule has 0 saturated carbocycles. The van der Waals surface area contributed by atoms with E-state index in [1.165, 1.54) is 4.90 Å². The van der Waals surface area contributed by atoms with Crippen molar-refractivity contribution in [2.24, 2.45) is 5.41 Å². The maximum atomic E-state index is 13.2. The number of carbonyl (C=O) groups is 3. The third-order valence-electron chi connectivity index (χ3n) is 6.32. The number of ether oxygens (including phenoxy) is 1. The van der Waals surface area contributed by atoms with E-state index in [-0.39, 0.29) is 30.5 Å². The van der Waals surface area contributed by atoms with Crippen molar-refractivity contribution in [1.82, 2.24) is 4.90 Å². The molecular weight excluding hydrogens is 336 g/mol. The number of carboxylic acids is 1. The lowest BCUT2D eigenvalue weighted by molar-refractivity contribution is -0.151. The van der Waals surface area contributed by atoms with Crippen LogP contribution < -0.4 is 9.64 Å². The number of likely N-dealkylation sites (N-methyl/N-ethyl adjacent to an activating group) is 1. The zero-order valence-corrected chi connectivity index (χ0v) is 14.9. The summed E-state index contributed by atoms with van der Waals surface area (Å²) in [6, 6.07) is 4.76. The molecule has 2 fully saturated rings. The van der Waals surface area contributed by atoms with Crippen LogP contribution in [0.1, 0.15) is 43.0 Å². The number of hydrogen-bond acceptors (Lipinski definition) is 4. The first-order valence-corrected chi connectivity index (χ1v) is 8.98. The number of fused-ring (bicyclic) bond motifs is 3. The lowest BCUT2D eigenvalue weighted by atomic mass is 9.72. The van der Waals surface area contributed by atoms with Gasteiger partial charge in [0.2, 0.25) is 0 Å². The van der Waals surface area contributed by atoms with Crippen LogP contribution in [-0.4, -0.2) is 53.5 Å². The van der Waals surface area contributed by atoms with Gasteiger partial charge in [-0.3, -0.25) is 14.4 Å². The summed E-state index contributed by atoms with van der Waals surface area (Å²) < 4.78 is 5.41. The van der Waals surface area contributed by atoms with E-state index in [4.69, 9.17) is 4.74 Å². The summed E-state index contributed by atoms with van der Waals surface area (Å²) in [4.78, 5) is 40.2. The van der Waals surface area contributed by atoms with Crippen LogP contribution >= 0.6 is 0 Å². The van der Waals surface area contributed by atoms with E-state index >= 15 is 0 Å². The average molecular weight is 358 g/mol. The molecule has 3 atom stereocenters. The molecule has 3 aliphatic rings. The highest BCUT2D eigenvalue weighted by atomic mass is 16.5. The van der Waals surface area contributed by atoms with E-state index < -0.39 is 11.4 Å². The second-order valence-electron chi connectivity index (χ2n) is 7.40. The Morgan fingerprint density at radius 1 is 1.35 bits per heavy atom. The monoisotopic (exact) mass is 358 g/mol. The van der Waals surface area contributed by atoms with Crippen molar-refractivity contribution < 1.29 is 24.2 Å². The molecule has 0 aliphatic carbocycles. The van der Waals surface area contributed by atoms with Crippen LogP contribution in [-0.2, 0) is 9.59 Å². The Hall–Kier alpha value is -2.57. The van der Waals surface area contributed by atoms with Gasteiger partial charge in [0, 0.05) is 24.7 Å². The molecule has 0 unspecified atom stereocenters. The molecule has 1 aromatic rings. The molecule has 7 heteroatoms. The van der Waals surface area contributed by atoms with E-state index in [2.05, 4.69) is 0 Å². The zero-order valence-electron chi connectivity index (χ0n) is 14.9. The van der Waals surface area contributed by atoms with Crippen molar-refractivity contribution in [3.05, 3.63) is 23.8 Å². The Morgan fingerprint density at radius 2 is 2.12 bits per heavy atom. The maximum Gasteiger partial charge on any atom is 0.311 e. The molecule has 4 rings (SSSR count). The fourth-order valence-corrected chi connectivity index (χ4v) is 4.81. The topological polar surface area (TPSA) is 87.2 Å². The van der Waals surface area contributed by atoms with Crippen LogP contribution in [0, 0.1) is 5.41 Å². The van der Waals surface area contributed by atoms with Gasteiger partial charge in [-0.25, -0.2) is 0 Å². The predicted molar refractivity (Wildman–Crippen MR) is 93.3 cm³/mol. The van der Waals surface area contributed by atoms with Crippen molar-refractivity contribution in [2.75, 3.05) is 18.6 Å². The normalized spacial score (nSPS) is 29.5. The minimum atomic E-state index is -0.845. The summed E-state index contributed by atoms with van der Waals surface area (Å²) in [6.07, 6.45) is 2.60. The largest absolute Gasteiger partial charge is 0.482 e. The van der Waals surface area contributed by atoms with Crippen LogP contribution in [0.4, 0.5) is 5.69 Å². The highest BCUT2D eigenvalue weighted by Gasteiger charge is 2.60. The van der Waals surface area contributed by atoms with E-state index in [1.54, 1.807) is 30.1 Å². The van der Waals surface area contributed by atoms with E-state index in [1.807, 2.05) is 6.92 Å². The number of carbonyl (C=O) groups excluding carboxylic acids is 2. The molecule has 26 heavy (non-hydrogen) atoms. The first-order valence-electron chi connectivity index (χ1n) is 8.98. The Kier molecular flexibility index (Phi) is 3.71. The average Bonchev–Trinajstić information content (AvgIpc) is 3.20. The van der Waals surface area contributed by atoms with Gasteiger partial charge in [0.05, 0.1) is 11.1 Å². The molecule has 0 radical (unpaired) electrons. The first kappa shape index (κ1) is 16.9. The molecule has 138 valence electrons. The number of carboxylic acid groups (broad SMARTS) is 1. The fourth-order valence-electron chi connectivity index (χ4n) is 4.81. The lowest BCUT2D eigenvalue weighted by Crippen LogP contribution is -2.44. The van der Waals surface area contributed by atoms with Gasteiger partial charge < -0.3 is 19.6 Å². The molecule has 2 saturated heterocycles. The number of anilines is 1. The highest BCUT2D eigenvalue weighted by molar-refractivity contribution is 6.01. The number of rotatable bonds is 3. The molecule has 3 heterocycles.